The standard InChI is InChI=1S/C12H23NO4/c1-5-9(4)7-13-12(16)17-10(11(14)15)6-8(2)3/h8-10H,5-7H2,1-4H3,(H,13,16)(H,14,15)/t9-,10?/m0/s1. The van der Waals surface area contributed by atoms with Gasteiger partial charge in [-0.3, -0.25) is 0 Å². The molecule has 0 aliphatic carbocycles. The van der Waals surface area contributed by atoms with Gasteiger partial charge in [-0.05, 0) is 18.3 Å². The molecule has 0 aromatic rings. The second-order valence-corrected chi connectivity index (χ2v) is 4.76. The summed E-state index contributed by atoms with van der Waals surface area (Å²) in [5, 5.41) is 11.5. The van der Waals surface area contributed by atoms with Gasteiger partial charge in [-0.25, -0.2) is 9.59 Å². The van der Waals surface area contributed by atoms with Crippen molar-refractivity contribution in [3.63, 3.8) is 0 Å². The van der Waals surface area contributed by atoms with Crippen molar-refractivity contribution in [1.29, 1.82) is 0 Å². The molecule has 0 aromatic carbocycles. The number of carboxylic acid groups (broad SMARTS) is 1. The molecule has 0 rings (SSSR count). The zero-order valence-corrected chi connectivity index (χ0v) is 11.0. The zero-order valence-electron chi connectivity index (χ0n) is 11.0. The van der Waals surface area contributed by atoms with Crippen molar-refractivity contribution in [1.82, 2.24) is 5.32 Å². The monoisotopic (exact) mass is 245 g/mol. The van der Waals surface area contributed by atoms with Gasteiger partial charge in [0.15, 0.2) is 0 Å². The van der Waals surface area contributed by atoms with E-state index >= 15 is 0 Å². The Labute approximate surface area is 103 Å². The molecule has 0 bridgehead atoms. The van der Waals surface area contributed by atoms with Gasteiger partial charge in [-0.15, -0.1) is 0 Å². The average Bonchev–Trinajstić information content (AvgIpc) is 2.24. The summed E-state index contributed by atoms with van der Waals surface area (Å²) in [7, 11) is 0. The number of hydrogen-bond donors (Lipinski definition) is 2. The molecular weight excluding hydrogens is 222 g/mol. The van der Waals surface area contributed by atoms with Crippen LogP contribution in [-0.4, -0.2) is 29.8 Å². The Morgan fingerprint density at radius 3 is 2.29 bits per heavy atom. The minimum absolute atomic E-state index is 0.165. The van der Waals surface area contributed by atoms with Crippen LogP contribution in [0.5, 0.6) is 0 Å². The summed E-state index contributed by atoms with van der Waals surface area (Å²) in [4.78, 5) is 22.2. The van der Waals surface area contributed by atoms with E-state index in [-0.39, 0.29) is 5.92 Å². The molecule has 0 aromatic heterocycles. The predicted octanol–water partition coefficient (Wildman–Crippen LogP) is 2.26. The minimum Gasteiger partial charge on any atom is -0.479 e. The van der Waals surface area contributed by atoms with Crippen LogP contribution in [0.25, 0.3) is 0 Å². The van der Waals surface area contributed by atoms with E-state index in [4.69, 9.17) is 9.84 Å². The Kier molecular flexibility index (Phi) is 7.34. The number of nitrogens with one attached hydrogen (secondary N) is 1. The highest BCUT2D eigenvalue weighted by Gasteiger charge is 2.23. The smallest absolute Gasteiger partial charge is 0.407 e. The van der Waals surface area contributed by atoms with Crippen LogP contribution in [0.1, 0.15) is 40.5 Å². The lowest BCUT2D eigenvalue weighted by molar-refractivity contribution is -0.147. The van der Waals surface area contributed by atoms with Crippen molar-refractivity contribution in [3.05, 3.63) is 0 Å². The van der Waals surface area contributed by atoms with Gasteiger partial charge >= 0.3 is 12.1 Å². The van der Waals surface area contributed by atoms with Crippen LogP contribution >= 0.6 is 0 Å². The van der Waals surface area contributed by atoms with E-state index in [0.29, 0.717) is 18.9 Å². The fourth-order valence-electron chi connectivity index (χ4n) is 1.20. The first kappa shape index (κ1) is 15.7. The van der Waals surface area contributed by atoms with Crippen molar-refractivity contribution in [2.75, 3.05) is 6.54 Å². The Morgan fingerprint density at radius 1 is 1.29 bits per heavy atom. The molecule has 0 fully saturated rings. The van der Waals surface area contributed by atoms with Gasteiger partial charge in [0.05, 0.1) is 0 Å². The number of carbonyl (C=O) groups is 2. The molecule has 0 aliphatic rings. The predicted molar refractivity (Wildman–Crippen MR) is 64.8 cm³/mol. The first-order valence-electron chi connectivity index (χ1n) is 6.04. The molecule has 0 spiro atoms. The van der Waals surface area contributed by atoms with Gasteiger partial charge < -0.3 is 15.2 Å². The molecular formula is C12H23NO4. The van der Waals surface area contributed by atoms with Gasteiger partial charge in [0.25, 0.3) is 0 Å². The molecule has 0 aliphatic heterocycles. The summed E-state index contributed by atoms with van der Waals surface area (Å²) < 4.78 is 4.87. The number of carboxylic acids is 1. The third-order valence-electron chi connectivity index (χ3n) is 2.50. The topological polar surface area (TPSA) is 75.6 Å². The molecule has 0 heterocycles. The van der Waals surface area contributed by atoms with E-state index in [1.54, 1.807) is 0 Å². The van der Waals surface area contributed by atoms with Gasteiger partial charge in [0, 0.05) is 6.54 Å². The Hall–Kier alpha value is -1.26. The molecule has 2 atom stereocenters. The van der Waals surface area contributed by atoms with Crippen LogP contribution < -0.4 is 5.32 Å². The fraction of sp³-hybridized carbons (Fsp3) is 0.833. The van der Waals surface area contributed by atoms with E-state index in [1.165, 1.54) is 0 Å². The van der Waals surface area contributed by atoms with Gasteiger partial charge in [0.1, 0.15) is 0 Å². The maximum atomic E-state index is 11.4. The van der Waals surface area contributed by atoms with Crippen LogP contribution in [-0.2, 0) is 9.53 Å². The summed E-state index contributed by atoms with van der Waals surface area (Å²) in [6, 6.07) is 0. The van der Waals surface area contributed by atoms with E-state index in [9.17, 15) is 9.59 Å². The number of carbonyl (C=O) groups excluding carboxylic acids is 1. The maximum Gasteiger partial charge on any atom is 0.407 e. The van der Waals surface area contributed by atoms with Crippen LogP contribution in [0, 0.1) is 11.8 Å². The lowest BCUT2D eigenvalue weighted by Crippen LogP contribution is -2.35. The first-order valence-corrected chi connectivity index (χ1v) is 6.04. The van der Waals surface area contributed by atoms with Crippen LogP contribution in [0.4, 0.5) is 4.79 Å². The number of aliphatic carboxylic acids is 1. The zero-order chi connectivity index (χ0) is 13.4. The number of amides is 1. The first-order chi connectivity index (χ1) is 7.86. The fourth-order valence-corrected chi connectivity index (χ4v) is 1.20. The van der Waals surface area contributed by atoms with Crippen molar-refractivity contribution < 1.29 is 19.4 Å². The quantitative estimate of drug-likeness (QED) is 0.721. The van der Waals surface area contributed by atoms with E-state index in [2.05, 4.69) is 5.32 Å². The maximum absolute atomic E-state index is 11.4. The average molecular weight is 245 g/mol. The molecule has 0 saturated carbocycles. The number of alkyl carbamates (subject to hydrolysis) is 1. The summed E-state index contributed by atoms with van der Waals surface area (Å²) in [5.74, 6) is -0.577. The van der Waals surface area contributed by atoms with Crippen LogP contribution in [0.15, 0.2) is 0 Å². The SMILES string of the molecule is CC[C@H](C)CNC(=O)OC(CC(C)C)C(=O)O. The lowest BCUT2D eigenvalue weighted by Gasteiger charge is -2.17. The van der Waals surface area contributed by atoms with Crippen molar-refractivity contribution in [2.24, 2.45) is 11.8 Å². The van der Waals surface area contributed by atoms with Crippen molar-refractivity contribution in [3.8, 4) is 0 Å². The Bertz CT molecular complexity index is 253. The molecule has 1 unspecified atom stereocenters. The second kappa shape index (κ2) is 7.92. The summed E-state index contributed by atoms with van der Waals surface area (Å²) in [6.45, 7) is 8.30. The molecule has 100 valence electrons. The van der Waals surface area contributed by atoms with Crippen LogP contribution in [0.3, 0.4) is 0 Å². The highest BCUT2D eigenvalue weighted by atomic mass is 16.6. The lowest BCUT2D eigenvalue weighted by atomic mass is 10.1. The molecule has 0 radical (unpaired) electrons. The summed E-state index contributed by atoms with van der Waals surface area (Å²) in [5.41, 5.74) is 0. The Morgan fingerprint density at radius 2 is 1.88 bits per heavy atom. The molecule has 0 saturated heterocycles. The molecule has 2 N–H and O–H groups in total. The van der Waals surface area contributed by atoms with Crippen LogP contribution in [0.2, 0.25) is 0 Å². The van der Waals surface area contributed by atoms with Gasteiger partial charge in [-0.2, -0.15) is 0 Å². The van der Waals surface area contributed by atoms with E-state index < -0.39 is 18.2 Å². The van der Waals surface area contributed by atoms with Crippen molar-refractivity contribution >= 4 is 12.1 Å². The molecule has 1 amide bonds. The Balaban J connectivity index is 4.08. The number of rotatable bonds is 7. The summed E-state index contributed by atoms with van der Waals surface area (Å²) in [6.07, 6.45) is -0.439. The normalized spacial score (nSPS) is 14.2. The van der Waals surface area contributed by atoms with Crippen molar-refractivity contribution in [2.45, 2.75) is 46.6 Å². The number of hydrogen-bond acceptors (Lipinski definition) is 3. The van der Waals surface area contributed by atoms with Gasteiger partial charge in [0.2, 0.25) is 6.10 Å². The summed E-state index contributed by atoms with van der Waals surface area (Å²) >= 11 is 0. The largest absolute Gasteiger partial charge is 0.479 e. The molecule has 5 heteroatoms. The van der Waals surface area contributed by atoms with E-state index in [1.807, 2.05) is 27.7 Å². The molecule has 5 nitrogen and oxygen atoms in total. The third kappa shape index (κ3) is 7.60. The van der Waals surface area contributed by atoms with E-state index in [0.717, 1.165) is 6.42 Å². The highest BCUT2D eigenvalue weighted by Crippen LogP contribution is 2.09. The second-order valence-electron chi connectivity index (χ2n) is 4.76. The molecule has 17 heavy (non-hydrogen) atoms. The minimum atomic E-state index is -1.10. The number of ether oxygens (including phenoxy) is 1. The third-order valence-corrected chi connectivity index (χ3v) is 2.50. The van der Waals surface area contributed by atoms with Gasteiger partial charge in [-0.1, -0.05) is 34.1 Å². The highest BCUT2D eigenvalue weighted by molar-refractivity contribution is 5.77.